The van der Waals surface area contributed by atoms with Crippen molar-refractivity contribution >= 4 is 40.3 Å². The van der Waals surface area contributed by atoms with Crippen LogP contribution in [0.15, 0.2) is 54.6 Å². The molecule has 1 atom stereocenters. The topological polar surface area (TPSA) is 99.3 Å². The van der Waals surface area contributed by atoms with Gasteiger partial charge in [0.15, 0.2) is 0 Å². The molecule has 4 amide bonds. The predicted octanol–water partition coefficient (Wildman–Crippen LogP) is 4.25. The van der Waals surface area contributed by atoms with Crippen LogP contribution in [0.25, 0.3) is 10.8 Å². The highest BCUT2D eigenvalue weighted by atomic mass is 16.6. The zero-order valence-corrected chi connectivity index (χ0v) is 24.3. The average Bonchev–Trinajstić information content (AvgIpc) is 3.23. The molecule has 0 bridgehead atoms. The summed E-state index contributed by atoms with van der Waals surface area (Å²) in [7, 11) is 0. The highest BCUT2D eigenvalue weighted by molar-refractivity contribution is 6.27. The Morgan fingerprint density at radius 1 is 0.929 bits per heavy atom. The zero-order valence-electron chi connectivity index (χ0n) is 24.3. The van der Waals surface area contributed by atoms with Crippen molar-refractivity contribution in [2.75, 3.05) is 31.1 Å². The molecule has 1 unspecified atom stereocenters. The highest BCUT2D eigenvalue weighted by Gasteiger charge is 2.40. The molecule has 42 heavy (non-hydrogen) atoms. The van der Waals surface area contributed by atoms with Crippen LogP contribution in [0, 0.1) is 0 Å². The van der Waals surface area contributed by atoms with Gasteiger partial charge in [0.05, 0.1) is 5.69 Å². The first-order valence-electron chi connectivity index (χ1n) is 14.6. The van der Waals surface area contributed by atoms with Crippen LogP contribution < -0.4 is 10.2 Å². The Balaban J connectivity index is 1.13. The van der Waals surface area contributed by atoms with E-state index in [0.29, 0.717) is 31.5 Å². The number of anilines is 1. The molecule has 0 aromatic heterocycles. The summed E-state index contributed by atoms with van der Waals surface area (Å²) in [6, 6.07) is 17.6. The maximum absolute atomic E-state index is 13.4. The fourth-order valence-electron chi connectivity index (χ4n) is 6.11. The molecule has 1 N–H and O–H groups in total. The number of carbonyl (C=O) groups is 4. The van der Waals surface area contributed by atoms with Crippen LogP contribution in [0.4, 0.5) is 10.5 Å². The van der Waals surface area contributed by atoms with Gasteiger partial charge < -0.3 is 9.64 Å². The Hall–Kier alpha value is -4.24. The maximum atomic E-state index is 13.4. The molecule has 218 valence electrons. The summed E-state index contributed by atoms with van der Waals surface area (Å²) >= 11 is 0. The zero-order chi connectivity index (χ0) is 29.6. The van der Waals surface area contributed by atoms with Gasteiger partial charge in [-0.05, 0) is 67.8 Å². The fraction of sp³-hybridized carbons (Fsp3) is 0.394. The fourth-order valence-corrected chi connectivity index (χ4v) is 6.11. The molecule has 3 aliphatic heterocycles. The summed E-state index contributed by atoms with van der Waals surface area (Å²) in [5.41, 5.74) is 4.33. The number of nitrogens with zero attached hydrogens (tertiary/aromatic N) is 3. The van der Waals surface area contributed by atoms with Crippen molar-refractivity contribution in [2.45, 2.75) is 58.2 Å². The summed E-state index contributed by atoms with van der Waals surface area (Å²) < 4.78 is 5.50. The summed E-state index contributed by atoms with van der Waals surface area (Å²) in [6.45, 7) is 9.38. The second-order valence-electron chi connectivity index (χ2n) is 12.4. The number of amides is 4. The number of hydrogen-bond donors (Lipinski definition) is 1. The summed E-state index contributed by atoms with van der Waals surface area (Å²) in [5, 5.41) is 4.25. The number of benzene rings is 3. The van der Waals surface area contributed by atoms with Crippen molar-refractivity contribution in [3.8, 4) is 0 Å². The lowest BCUT2D eigenvalue weighted by Crippen LogP contribution is -2.53. The Morgan fingerprint density at radius 2 is 1.64 bits per heavy atom. The first kappa shape index (κ1) is 27.9. The van der Waals surface area contributed by atoms with E-state index in [9.17, 15) is 19.2 Å². The van der Waals surface area contributed by atoms with Gasteiger partial charge in [-0.3, -0.25) is 29.5 Å². The first-order valence-corrected chi connectivity index (χ1v) is 14.6. The minimum absolute atomic E-state index is 0.196. The molecule has 3 heterocycles. The van der Waals surface area contributed by atoms with Crippen LogP contribution >= 0.6 is 0 Å². The molecule has 3 aliphatic rings. The van der Waals surface area contributed by atoms with Gasteiger partial charge in [0.25, 0.3) is 5.91 Å². The van der Waals surface area contributed by atoms with Gasteiger partial charge in [-0.15, -0.1) is 0 Å². The van der Waals surface area contributed by atoms with Gasteiger partial charge in [-0.25, -0.2) is 4.79 Å². The molecule has 9 nitrogen and oxygen atoms in total. The van der Waals surface area contributed by atoms with Gasteiger partial charge in [0.1, 0.15) is 11.6 Å². The van der Waals surface area contributed by atoms with Crippen LogP contribution in [0.5, 0.6) is 0 Å². The molecule has 3 aromatic rings. The van der Waals surface area contributed by atoms with Crippen LogP contribution in [0.2, 0.25) is 0 Å². The molecule has 0 saturated carbocycles. The Labute approximate surface area is 245 Å². The van der Waals surface area contributed by atoms with E-state index in [1.54, 1.807) is 9.80 Å². The van der Waals surface area contributed by atoms with Gasteiger partial charge >= 0.3 is 6.09 Å². The average molecular weight is 569 g/mol. The number of piperazine rings is 1. The SMILES string of the molecule is CC(C)(C)OC(=O)N1CCN(Cc2ccc(Cc3ccc4c5c(cccc35)C(=O)N4C3CCC(=O)NC3=O)cc2)CC1. The van der Waals surface area contributed by atoms with Crippen molar-refractivity contribution in [2.24, 2.45) is 0 Å². The largest absolute Gasteiger partial charge is 0.444 e. The Morgan fingerprint density at radius 3 is 2.33 bits per heavy atom. The minimum Gasteiger partial charge on any atom is -0.444 e. The van der Waals surface area contributed by atoms with Crippen molar-refractivity contribution in [3.63, 3.8) is 0 Å². The third-order valence-electron chi connectivity index (χ3n) is 8.19. The van der Waals surface area contributed by atoms with E-state index >= 15 is 0 Å². The molecule has 2 fully saturated rings. The minimum atomic E-state index is -0.690. The maximum Gasteiger partial charge on any atom is 0.410 e. The number of rotatable bonds is 5. The van der Waals surface area contributed by atoms with Gasteiger partial charge in [0, 0.05) is 50.1 Å². The molecular formula is C33H36N4O5. The smallest absolute Gasteiger partial charge is 0.410 e. The lowest BCUT2D eigenvalue weighted by molar-refractivity contribution is -0.134. The van der Waals surface area contributed by atoms with Crippen molar-refractivity contribution in [3.05, 3.63) is 76.9 Å². The van der Waals surface area contributed by atoms with E-state index in [-0.39, 0.29) is 24.3 Å². The molecule has 0 spiro atoms. The second kappa shape index (κ2) is 10.9. The highest BCUT2D eigenvalue weighted by Crippen LogP contribution is 2.41. The quantitative estimate of drug-likeness (QED) is 0.462. The molecule has 3 aromatic carbocycles. The monoisotopic (exact) mass is 568 g/mol. The second-order valence-corrected chi connectivity index (χ2v) is 12.4. The molecule has 0 radical (unpaired) electrons. The van der Waals surface area contributed by atoms with E-state index in [1.807, 2.05) is 51.1 Å². The van der Waals surface area contributed by atoms with Crippen molar-refractivity contribution in [1.82, 2.24) is 15.1 Å². The Bertz CT molecular complexity index is 1570. The molecule has 2 saturated heterocycles. The van der Waals surface area contributed by atoms with E-state index in [1.165, 1.54) is 11.1 Å². The number of hydrogen-bond acceptors (Lipinski definition) is 6. The van der Waals surface area contributed by atoms with E-state index < -0.39 is 17.6 Å². The normalized spacial score (nSPS) is 19.4. The number of carbonyl (C=O) groups excluding carboxylic acids is 4. The third kappa shape index (κ3) is 5.48. The lowest BCUT2D eigenvalue weighted by atomic mass is 9.95. The molecular weight excluding hydrogens is 532 g/mol. The predicted molar refractivity (Wildman–Crippen MR) is 159 cm³/mol. The van der Waals surface area contributed by atoms with Gasteiger partial charge in [-0.2, -0.15) is 0 Å². The number of nitrogens with one attached hydrogen (secondary N) is 1. The number of ether oxygens (including phenoxy) is 1. The van der Waals surface area contributed by atoms with Crippen molar-refractivity contribution in [1.29, 1.82) is 0 Å². The van der Waals surface area contributed by atoms with Crippen LogP contribution in [-0.2, 0) is 27.3 Å². The van der Waals surface area contributed by atoms with Gasteiger partial charge in [-0.1, -0.05) is 42.5 Å². The summed E-state index contributed by atoms with van der Waals surface area (Å²) in [4.78, 5) is 55.7. The van der Waals surface area contributed by atoms with Gasteiger partial charge in [0.2, 0.25) is 11.8 Å². The summed E-state index contributed by atoms with van der Waals surface area (Å²) in [5.74, 6) is -0.916. The van der Waals surface area contributed by atoms with Crippen LogP contribution in [0.3, 0.4) is 0 Å². The third-order valence-corrected chi connectivity index (χ3v) is 8.19. The van der Waals surface area contributed by atoms with Crippen molar-refractivity contribution < 1.29 is 23.9 Å². The standard InChI is InChI=1S/C33H36N4O5/c1-33(2,3)42-32(41)36-17-15-35(16-18-36)20-22-9-7-21(8-10-22)19-23-11-12-26-29-24(23)5-4-6-25(29)31(40)37(26)27-13-14-28(38)34-30(27)39/h4-12,27H,13-20H2,1-3H3,(H,34,38,39). The first-order chi connectivity index (χ1) is 20.1. The van der Waals surface area contributed by atoms with E-state index in [4.69, 9.17) is 4.74 Å². The number of piperidine rings is 1. The van der Waals surface area contributed by atoms with E-state index in [2.05, 4.69) is 34.5 Å². The number of imide groups is 1. The molecule has 9 heteroatoms. The van der Waals surface area contributed by atoms with Crippen LogP contribution in [0.1, 0.15) is 60.7 Å². The summed E-state index contributed by atoms with van der Waals surface area (Å²) in [6.07, 6.45) is 1.000. The lowest BCUT2D eigenvalue weighted by Gasteiger charge is -2.35. The molecule has 0 aliphatic carbocycles. The van der Waals surface area contributed by atoms with E-state index in [0.717, 1.165) is 41.7 Å². The molecule has 6 rings (SSSR count). The van der Waals surface area contributed by atoms with Crippen LogP contribution in [-0.4, -0.2) is 71.4 Å². The Kier molecular flexibility index (Phi) is 7.22.